The third kappa shape index (κ3) is 4.20. The van der Waals surface area contributed by atoms with Gasteiger partial charge in [-0.05, 0) is 37.5 Å². The van der Waals surface area contributed by atoms with Crippen molar-refractivity contribution in [3.63, 3.8) is 0 Å². The number of hydrogen-bond acceptors (Lipinski definition) is 7. The van der Waals surface area contributed by atoms with E-state index in [0.29, 0.717) is 25.1 Å². The highest BCUT2D eigenvalue weighted by Gasteiger charge is 2.42. The van der Waals surface area contributed by atoms with E-state index in [1.54, 1.807) is 18.0 Å². The van der Waals surface area contributed by atoms with E-state index in [0.717, 1.165) is 11.3 Å². The Morgan fingerprint density at radius 2 is 2.00 bits per heavy atom. The van der Waals surface area contributed by atoms with Gasteiger partial charge in [0.05, 0.1) is 25.1 Å². The summed E-state index contributed by atoms with van der Waals surface area (Å²) in [5.41, 5.74) is 7.77. The van der Waals surface area contributed by atoms with Crippen LogP contribution in [0.4, 0.5) is 10.3 Å². The van der Waals surface area contributed by atoms with Crippen molar-refractivity contribution in [2.75, 3.05) is 24.6 Å². The Balaban J connectivity index is 1.46. The van der Waals surface area contributed by atoms with Gasteiger partial charge in [0, 0.05) is 31.1 Å². The molecule has 0 unspecified atom stereocenters. The zero-order valence-electron chi connectivity index (χ0n) is 17.5. The summed E-state index contributed by atoms with van der Waals surface area (Å²) in [6, 6.07) is 3.53. The predicted octanol–water partition coefficient (Wildman–Crippen LogP) is 1.66. The third-order valence-corrected chi connectivity index (χ3v) is 5.77. The fourth-order valence-electron chi connectivity index (χ4n) is 4.03. The molecule has 9 nitrogen and oxygen atoms in total. The number of hydrogen-bond donors (Lipinski definition) is 1. The van der Waals surface area contributed by atoms with Gasteiger partial charge in [0.25, 0.3) is 11.8 Å². The van der Waals surface area contributed by atoms with Crippen molar-refractivity contribution in [3.8, 4) is 0 Å². The Kier molecular flexibility index (Phi) is 5.81. The highest BCUT2D eigenvalue weighted by molar-refractivity contribution is 5.92. The van der Waals surface area contributed by atoms with Gasteiger partial charge in [-0.25, -0.2) is 19.4 Å². The van der Waals surface area contributed by atoms with Gasteiger partial charge < -0.3 is 10.6 Å². The third-order valence-electron chi connectivity index (χ3n) is 5.77. The normalized spacial score (nSPS) is 23.8. The van der Waals surface area contributed by atoms with Crippen molar-refractivity contribution in [1.29, 1.82) is 0 Å². The number of aromatic nitrogens is 3. The lowest BCUT2D eigenvalue weighted by Gasteiger charge is -2.36. The fourth-order valence-corrected chi connectivity index (χ4v) is 4.03. The lowest BCUT2D eigenvalue weighted by Crippen LogP contribution is -2.49. The predicted molar refractivity (Wildman–Crippen MR) is 110 cm³/mol. The topological polar surface area (TPSA) is 115 Å². The summed E-state index contributed by atoms with van der Waals surface area (Å²) in [5, 5.41) is 1.31. The van der Waals surface area contributed by atoms with Gasteiger partial charge in [0.2, 0.25) is 5.95 Å². The van der Waals surface area contributed by atoms with Crippen LogP contribution in [0.15, 0.2) is 24.5 Å². The van der Waals surface area contributed by atoms with Crippen molar-refractivity contribution in [2.45, 2.75) is 38.9 Å². The molecule has 0 aliphatic carbocycles. The van der Waals surface area contributed by atoms with Crippen LogP contribution in [-0.2, 0) is 9.63 Å². The van der Waals surface area contributed by atoms with E-state index in [1.165, 1.54) is 11.3 Å². The van der Waals surface area contributed by atoms with E-state index < -0.39 is 18.0 Å². The molecule has 0 radical (unpaired) electrons. The van der Waals surface area contributed by atoms with Gasteiger partial charge in [0.1, 0.15) is 11.9 Å². The maximum Gasteiger partial charge on any atom is 0.267 e. The molecule has 2 aromatic rings. The molecule has 0 spiro atoms. The van der Waals surface area contributed by atoms with Crippen LogP contribution >= 0.6 is 0 Å². The van der Waals surface area contributed by atoms with Crippen molar-refractivity contribution < 1.29 is 18.8 Å². The van der Waals surface area contributed by atoms with Crippen molar-refractivity contribution in [2.24, 2.45) is 11.7 Å². The maximum absolute atomic E-state index is 15.1. The average molecular weight is 428 g/mol. The van der Waals surface area contributed by atoms with Crippen LogP contribution in [0.3, 0.4) is 0 Å². The molecule has 2 fully saturated rings. The number of aryl methyl sites for hydroxylation is 2. The summed E-state index contributed by atoms with van der Waals surface area (Å²) >= 11 is 0. The number of piperidine rings is 1. The van der Waals surface area contributed by atoms with Crippen molar-refractivity contribution in [3.05, 3.63) is 47.0 Å². The molecule has 4 rings (SSSR count). The van der Waals surface area contributed by atoms with Crippen molar-refractivity contribution in [1.82, 2.24) is 20.0 Å². The zero-order valence-corrected chi connectivity index (χ0v) is 17.5. The lowest BCUT2D eigenvalue weighted by molar-refractivity contribution is -0.184. The molecule has 2 aliphatic heterocycles. The smallest absolute Gasteiger partial charge is 0.267 e. The van der Waals surface area contributed by atoms with Gasteiger partial charge in [-0.3, -0.25) is 19.4 Å². The number of alkyl halides is 1. The first kappa shape index (κ1) is 21.1. The van der Waals surface area contributed by atoms with Crippen molar-refractivity contribution >= 4 is 17.8 Å². The fraction of sp³-hybridized carbons (Fsp3) is 0.476. The number of carbonyl (C=O) groups is 2. The molecule has 31 heavy (non-hydrogen) atoms. The highest BCUT2D eigenvalue weighted by atomic mass is 19.1. The summed E-state index contributed by atoms with van der Waals surface area (Å²) in [7, 11) is 0. The van der Waals surface area contributed by atoms with Crippen LogP contribution in [0, 0.1) is 19.8 Å². The molecule has 2 aromatic heterocycles. The highest BCUT2D eigenvalue weighted by Crippen LogP contribution is 2.34. The average Bonchev–Trinajstić information content (AvgIpc) is 3.24. The van der Waals surface area contributed by atoms with Gasteiger partial charge in [0.15, 0.2) is 0 Å². The molecule has 0 saturated carbocycles. The monoisotopic (exact) mass is 428 g/mol. The second-order valence-corrected chi connectivity index (χ2v) is 7.96. The van der Waals surface area contributed by atoms with E-state index in [-0.39, 0.29) is 36.6 Å². The van der Waals surface area contributed by atoms with Gasteiger partial charge in [-0.2, -0.15) is 0 Å². The quantitative estimate of drug-likeness (QED) is 0.787. The Bertz CT molecular complexity index is 986. The molecule has 2 saturated heterocycles. The van der Waals surface area contributed by atoms with E-state index in [9.17, 15) is 9.59 Å². The summed E-state index contributed by atoms with van der Waals surface area (Å²) < 4.78 is 15.1. The number of pyridine rings is 1. The Labute approximate surface area is 179 Å². The molecule has 0 bridgehead atoms. The second kappa shape index (κ2) is 8.54. The van der Waals surface area contributed by atoms with Crippen LogP contribution in [0.1, 0.15) is 46.2 Å². The Morgan fingerprint density at radius 1 is 1.19 bits per heavy atom. The molecule has 2 aliphatic rings. The molecule has 0 aromatic carbocycles. The molecular weight excluding hydrogens is 403 g/mol. The minimum atomic E-state index is -1.43. The Morgan fingerprint density at radius 3 is 2.68 bits per heavy atom. The number of rotatable bonds is 4. The molecule has 2 N–H and O–H groups in total. The number of nitrogens with zero attached hydrogens (tertiary/aromatic N) is 5. The van der Waals surface area contributed by atoms with Crippen LogP contribution in [0.2, 0.25) is 0 Å². The summed E-state index contributed by atoms with van der Waals surface area (Å²) in [4.78, 5) is 44.6. The first-order chi connectivity index (χ1) is 14.8. The number of amides is 2. The van der Waals surface area contributed by atoms with Gasteiger partial charge in [-0.15, -0.1) is 0 Å². The zero-order chi connectivity index (χ0) is 22.1. The molecule has 10 heteroatoms. The first-order valence-corrected chi connectivity index (χ1v) is 10.3. The van der Waals surface area contributed by atoms with E-state index >= 15 is 4.39 Å². The van der Waals surface area contributed by atoms with E-state index in [4.69, 9.17) is 10.6 Å². The molecule has 4 heterocycles. The summed E-state index contributed by atoms with van der Waals surface area (Å²) in [5.74, 6) is -1.62. The van der Waals surface area contributed by atoms with Gasteiger partial charge in [-0.1, -0.05) is 6.07 Å². The summed E-state index contributed by atoms with van der Waals surface area (Å²) in [6.45, 7) is 4.30. The largest absolute Gasteiger partial charge is 0.364 e. The van der Waals surface area contributed by atoms with E-state index in [2.05, 4.69) is 15.0 Å². The SMILES string of the molecule is Cc1ccc([C@@H]2CCON2C(=O)[C@@H]2CCN(c3ncc(C)c(C(N)=O)n3)C[C@H]2F)cn1. The first-order valence-electron chi connectivity index (χ1n) is 10.3. The van der Waals surface area contributed by atoms with Gasteiger partial charge >= 0.3 is 0 Å². The number of primary amides is 1. The number of nitrogens with two attached hydrogens (primary N) is 1. The number of carbonyl (C=O) groups excluding carboxylic acids is 2. The Hall–Kier alpha value is -3.14. The molecule has 164 valence electrons. The second-order valence-electron chi connectivity index (χ2n) is 7.96. The van der Waals surface area contributed by atoms with Crippen LogP contribution < -0.4 is 10.6 Å². The van der Waals surface area contributed by atoms with Crippen LogP contribution in [0.25, 0.3) is 0 Å². The minimum Gasteiger partial charge on any atom is -0.364 e. The number of halogens is 1. The number of anilines is 1. The summed E-state index contributed by atoms with van der Waals surface area (Å²) in [6.07, 6.45) is 2.71. The minimum absolute atomic E-state index is 0.0533. The number of hydroxylamine groups is 2. The molecule has 2 amide bonds. The molecular formula is C21H25FN6O3. The standard InChI is InChI=1S/C21H25FN6O3/c1-12-9-25-21(26-18(12)19(23)29)27-7-5-15(16(22)11-27)20(30)28-17(6-8-31-28)14-4-3-13(2)24-10-14/h3-4,9-10,15-17H,5-8,11H2,1-2H3,(H2,23,29)/t15-,16-,17+/m1/s1. The maximum atomic E-state index is 15.1. The molecule has 3 atom stereocenters. The van der Waals surface area contributed by atoms with E-state index in [1.807, 2.05) is 19.1 Å². The lowest BCUT2D eigenvalue weighted by atomic mass is 9.93. The van der Waals surface area contributed by atoms with Crippen LogP contribution in [-0.4, -0.2) is 57.7 Å². The van der Waals surface area contributed by atoms with Crippen LogP contribution in [0.5, 0.6) is 0 Å².